The Bertz CT molecular complexity index is 869. The lowest BCUT2D eigenvalue weighted by molar-refractivity contribution is 0.0990. The third-order valence-corrected chi connectivity index (χ3v) is 6.09. The molecule has 27 heavy (non-hydrogen) atoms. The Morgan fingerprint density at radius 1 is 1.00 bits per heavy atom. The van der Waals surface area contributed by atoms with Crippen molar-refractivity contribution in [1.29, 1.82) is 0 Å². The maximum Gasteiger partial charge on any atom is 0.367 e. The Labute approximate surface area is 158 Å². The van der Waals surface area contributed by atoms with Gasteiger partial charge in [0.2, 0.25) is 0 Å². The van der Waals surface area contributed by atoms with Crippen LogP contribution in [-0.2, 0) is 20.0 Å². The Morgan fingerprint density at radius 2 is 1.67 bits per heavy atom. The van der Waals surface area contributed by atoms with Crippen LogP contribution in [0.4, 0.5) is 4.39 Å². The minimum atomic E-state index is -3.38. The van der Waals surface area contributed by atoms with E-state index < -0.39 is 7.60 Å². The molecule has 0 aliphatic heterocycles. The summed E-state index contributed by atoms with van der Waals surface area (Å²) >= 11 is 0. The van der Waals surface area contributed by atoms with E-state index in [1.165, 1.54) is 12.1 Å². The minimum Gasteiger partial charge on any atom is -0.480 e. The number of hydrogen-bond acceptors (Lipinski definition) is 5. The molecule has 0 unspecified atom stereocenters. The summed E-state index contributed by atoms with van der Waals surface area (Å²) in [6, 6.07) is 9.68. The molecule has 0 bridgehead atoms. The first-order valence-electron chi connectivity index (χ1n) is 8.93. The largest absolute Gasteiger partial charge is 0.480 e. The number of Topliss-reactive ketones (excluding diaryl/α,β-unsaturated/α-hetero) is 1. The summed E-state index contributed by atoms with van der Waals surface area (Å²) < 4.78 is 42.0. The quantitative estimate of drug-likeness (QED) is 0.576. The van der Waals surface area contributed by atoms with Gasteiger partial charge in [-0.15, -0.1) is 0 Å². The number of carbonyl (C=O) groups is 1. The third kappa shape index (κ3) is 4.29. The van der Waals surface area contributed by atoms with Gasteiger partial charge < -0.3 is 13.8 Å². The van der Waals surface area contributed by atoms with Gasteiger partial charge in [-0.3, -0.25) is 9.36 Å². The summed E-state index contributed by atoms with van der Waals surface area (Å²) in [7, 11) is -3.38. The van der Waals surface area contributed by atoms with Crippen LogP contribution in [0.2, 0.25) is 0 Å². The van der Waals surface area contributed by atoms with E-state index in [1.54, 1.807) is 32.0 Å². The van der Waals surface area contributed by atoms with E-state index in [9.17, 15) is 13.8 Å². The molecule has 0 aromatic heterocycles. The van der Waals surface area contributed by atoms with Crippen molar-refractivity contribution in [2.75, 3.05) is 19.6 Å². The van der Waals surface area contributed by atoms with Gasteiger partial charge in [-0.25, -0.2) is 4.39 Å². The van der Waals surface area contributed by atoms with Crippen molar-refractivity contribution in [3.8, 4) is 16.9 Å². The van der Waals surface area contributed by atoms with Gasteiger partial charge in [0.05, 0.1) is 18.8 Å². The molecule has 0 radical (unpaired) electrons. The van der Waals surface area contributed by atoms with Crippen LogP contribution in [0, 0.1) is 5.82 Å². The average Bonchev–Trinajstić information content (AvgIpc) is 3.03. The molecule has 0 fully saturated rings. The highest BCUT2D eigenvalue weighted by Gasteiger charge is 2.30. The fourth-order valence-electron chi connectivity index (χ4n) is 3.23. The first-order valence-corrected chi connectivity index (χ1v) is 10.7. The molecule has 1 aliphatic rings. The molecule has 2 aromatic rings. The summed E-state index contributed by atoms with van der Waals surface area (Å²) in [6.45, 7) is 3.93. The zero-order valence-corrected chi connectivity index (χ0v) is 16.3. The van der Waals surface area contributed by atoms with Crippen molar-refractivity contribution in [2.24, 2.45) is 0 Å². The third-order valence-electron chi connectivity index (χ3n) is 4.34. The van der Waals surface area contributed by atoms with E-state index in [0.717, 1.165) is 16.7 Å². The van der Waals surface area contributed by atoms with Gasteiger partial charge in [-0.1, -0.05) is 18.2 Å². The number of hydrogen-bond donors (Lipinski definition) is 0. The van der Waals surface area contributed by atoms with Crippen molar-refractivity contribution in [3.63, 3.8) is 0 Å². The minimum absolute atomic E-state index is 0.0217. The van der Waals surface area contributed by atoms with Gasteiger partial charge in [-0.05, 0) is 55.2 Å². The van der Waals surface area contributed by atoms with Crippen LogP contribution in [0.25, 0.3) is 11.1 Å². The molecule has 3 rings (SSSR count). The molecule has 0 spiro atoms. The van der Waals surface area contributed by atoms with Crippen molar-refractivity contribution in [1.82, 2.24) is 0 Å². The van der Waals surface area contributed by atoms with Crippen LogP contribution in [0.1, 0.15) is 36.2 Å². The number of rotatable bonds is 8. The molecule has 0 N–H and O–H groups in total. The molecule has 7 heteroatoms. The topological polar surface area (TPSA) is 61.8 Å². The lowest BCUT2D eigenvalue weighted by Gasteiger charge is -2.19. The first kappa shape index (κ1) is 19.7. The number of halogens is 1. The number of ether oxygens (including phenoxy) is 1. The highest BCUT2D eigenvalue weighted by Crippen LogP contribution is 2.48. The fraction of sp³-hybridized carbons (Fsp3) is 0.350. The van der Waals surface area contributed by atoms with Crippen LogP contribution in [0.3, 0.4) is 0 Å². The summed E-state index contributed by atoms with van der Waals surface area (Å²) in [5, 5.41) is 0. The molecule has 0 atom stereocenters. The zero-order valence-electron chi connectivity index (χ0n) is 15.4. The van der Waals surface area contributed by atoms with E-state index in [2.05, 4.69) is 0 Å². The SMILES string of the molecule is CCOP(=O)(COc1ccc(-c2ccc(F)cc2)c2c1C(=O)CC2)OCC. The molecule has 1 aliphatic carbocycles. The lowest BCUT2D eigenvalue weighted by atomic mass is 9.96. The smallest absolute Gasteiger partial charge is 0.367 e. The highest BCUT2D eigenvalue weighted by atomic mass is 31.2. The number of ketones is 1. The lowest BCUT2D eigenvalue weighted by Crippen LogP contribution is -2.08. The van der Waals surface area contributed by atoms with Gasteiger partial charge in [0, 0.05) is 6.42 Å². The number of fused-ring (bicyclic) bond motifs is 1. The molecular formula is C20H22FO5P. The van der Waals surface area contributed by atoms with E-state index >= 15 is 0 Å². The molecule has 5 nitrogen and oxygen atoms in total. The molecule has 2 aromatic carbocycles. The Kier molecular flexibility index (Phi) is 6.10. The second-order valence-corrected chi connectivity index (χ2v) is 8.11. The average molecular weight is 392 g/mol. The van der Waals surface area contributed by atoms with Crippen molar-refractivity contribution in [3.05, 3.63) is 53.3 Å². The molecule has 0 saturated carbocycles. The van der Waals surface area contributed by atoms with Gasteiger partial charge >= 0.3 is 7.60 Å². The predicted octanol–water partition coefficient (Wildman–Crippen LogP) is 5.22. The van der Waals surface area contributed by atoms with Gasteiger partial charge in [0.25, 0.3) is 0 Å². The zero-order chi connectivity index (χ0) is 19.4. The van der Waals surface area contributed by atoms with Gasteiger partial charge in [0.15, 0.2) is 12.1 Å². The second-order valence-electron chi connectivity index (χ2n) is 6.11. The van der Waals surface area contributed by atoms with Crippen LogP contribution in [-0.4, -0.2) is 25.3 Å². The Hall–Kier alpha value is -2.01. The van der Waals surface area contributed by atoms with Crippen molar-refractivity contribution >= 4 is 13.4 Å². The van der Waals surface area contributed by atoms with Crippen LogP contribution < -0.4 is 4.74 Å². The van der Waals surface area contributed by atoms with Crippen molar-refractivity contribution < 1.29 is 27.5 Å². The maximum atomic E-state index is 13.2. The monoisotopic (exact) mass is 392 g/mol. The standard InChI is InChI=1S/C20H22FO5P/c1-3-25-27(23,26-4-2)13-24-19-12-10-16(14-5-7-15(21)8-6-14)17-9-11-18(22)20(17)19/h5-8,10,12H,3-4,9,11,13H2,1-2H3. The first-order chi connectivity index (χ1) is 13.0. The summed E-state index contributed by atoms with van der Waals surface area (Å²) in [5.41, 5.74) is 3.08. The molecule has 0 saturated heterocycles. The van der Waals surface area contributed by atoms with E-state index in [0.29, 0.717) is 24.2 Å². The fourth-order valence-corrected chi connectivity index (χ4v) is 4.54. The van der Waals surface area contributed by atoms with E-state index in [-0.39, 0.29) is 31.2 Å². The molecule has 0 amide bonds. The Morgan fingerprint density at radius 3 is 2.30 bits per heavy atom. The van der Waals surface area contributed by atoms with E-state index in [1.807, 2.05) is 6.07 Å². The summed E-state index contributed by atoms with van der Waals surface area (Å²) in [5.74, 6) is 0.0404. The van der Waals surface area contributed by atoms with Crippen LogP contribution >= 0.6 is 7.60 Å². The van der Waals surface area contributed by atoms with Gasteiger partial charge in [-0.2, -0.15) is 0 Å². The maximum absolute atomic E-state index is 13.2. The molecule has 0 heterocycles. The summed E-state index contributed by atoms with van der Waals surface area (Å²) in [4.78, 5) is 12.4. The van der Waals surface area contributed by atoms with E-state index in [4.69, 9.17) is 13.8 Å². The normalized spacial score (nSPS) is 13.7. The highest BCUT2D eigenvalue weighted by molar-refractivity contribution is 7.53. The predicted molar refractivity (Wildman–Crippen MR) is 101 cm³/mol. The van der Waals surface area contributed by atoms with Crippen LogP contribution in [0.5, 0.6) is 5.75 Å². The summed E-state index contributed by atoms with van der Waals surface area (Å²) in [6.07, 6.45) is 0.718. The second kappa shape index (κ2) is 8.34. The van der Waals surface area contributed by atoms with Crippen LogP contribution in [0.15, 0.2) is 36.4 Å². The van der Waals surface area contributed by atoms with Gasteiger partial charge in [0.1, 0.15) is 11.6 Å². The van der Waals surface area contributed by atoms with Crippen molar-refractivity contribution in [2.45, 2.75) is 26.7 Å². The number of benzene rings is 2. The number of carbonyl (C=O) groups excluding carboxylic acids is 1. The Balaban J connectivity index is 1.92. The molecular weight excluding hydrogens is 370 g/mol. The molecule has 144 valence electrons.